The second-order valence-corrected chi connectivity index (χ2v) is 5.69. The first kappa shape index (κ1) is 15.9. The average molecular weight is 297 g/mol. The van der Waals surface area contributed by atoms with Crippen LogP contribution in [0.1, 0.15) is 31.2 Å². The Morgan fingerprint density at radius 1 is 1.33 bits per heavy atom. The summed E-state index contributed by atoms with van der Waals surface area (Å²) in [5, 5.41) is 8.71. The number of carboxylic acids is 1. The standard InChI is InChI=1S/C16H21F2NO2/c17-14-4-1-5-15(18)13(14)7-6-12-3-2-9-19(11-12)10-8-16(20)21/h1,4-5,12H,2-3,6-11H2,(H,20,21)/t12-/m1/s1. The van der Waals surface area contributed by atoms with Crippen LogP contribution in [0.5, 0.6) is 0 Å². The fraction of sp³-hybridized carbons (Fsp3) is 0.562. The summed E-state index contributed by atoms with van der Waals surface area (Å²) in [6.45, 7) is 2.29. The number of aliphatic carboxylic acids is 1. The highest BCUT2D eigenvalue weighted by molar-refractivity contribution is 5.66. The number of benzene rings is 1. The number of halogens is 2. The molecule has 0 bridgehead atoms. The van der Waals surface area contributed by atoms with Crippen molar-refractivity contribution in [1.29, 1.82) is 0 Å². The monoisotopic (exact) mass is 297 g/mol. The third-order valence-corrected chi connectivity index (χ3v) is 4.11. The number of piperidine rings is 1. The van der Waals surface area contributed by atoms with Crippen molar-refractivity contribution in [2.24, 2.45) is 5.92 Å². The number of hydrogen-bond donors (Lipinski definition) is 1. The molecule has 0 aromatic heterocycles. The molecule has 1 atom stereocenters. The van der Waals surface area contributed by atoms with Gasteiger partial charge in [-0.3, -0.25) is 4.79 Å². The van der Waals surface area contributed by atoms with E-state index in [1.54, 1.807) is 0 Å². The molecule has 0 spiro atoms. The lowest BCUT2D eigenvalue weighted by atomic mass is 9.91. The zero-order chi connectivity index (χ0) is 15.2. The Kier molecular flexibility index (Phi) is 5.67. The summed E-state index contributed by atoms with van der Waals surface area (Å²) in [4.78, 5) is 12.7. The number of nitrogens with zero attached hydrogens (tertiary/aromatic N) is 1. The topological polar surface area (TPSA) is 40.5 Å². The Balaban J connectivity index is 1.84. The molecular weight excluding hydrogens is 276 g/mol. The van der Waals surface area contributed by atoms with Crippen molar-refractivity contribution in [2.75, 3.05) is 19.6 Å². The summed E-state index contributed by atoms with van der Waals surface area (Å²) in [6, 6.07) is 3.96. The summed E-state index contributed by atoms with van der Waals surface area (Å²) in [7, 11) is 0. The van der Waals surface area contributed by atoms with Gasteiger partial charge in [-0.25, -0.2) is 8.78 Å². The minimum Gasteiger partial charge on any atom is -0.481 e. The van der Waals surface area contributed by atoms with E-state index in [4.69, 9.17) is 5.11 Å². The van der Waals surface area contributed by atoms with Gasteiger partial charge in [0.15, 0.2) is 0 Å². The molecule has 2 rings (SSSR count). The first-order valence-corrected chi connectivity index (χ1v) is 7.43. The lowest BCUT2D eigenvalue weighted by molar-refractivity contribution is -0.137. The molecule has 1 aliphatic heterocycles. The second-order valence-electron chi connectivity index (χ2n) is 5.69. The van der Waals surface area contributed by atoms with E-state index >= 15 is 0 Å². The predicted molar refractivity (Wildman–Crippen MR) is 76.1 cm³/mol. The largest absolute Gasteiger partial charge is 0.481 e. The normalized spacial score (nSPS) is 19.6. The Morgan fingerprint density at radius 2 is 2.05 bits per heavy atom. The van der Waals surface area contributed by atoms with Gasteiger partial charge in [0.2, 0.25) is 0 Å². The number of carboxylic acid groups (broad SMARTS) is 1. The molecule has 0 aliphatic carbocycles. The minimum absolute atomic E-state index is 0.147. The van der Waals surface area contributed by atoms with Crippen molar-refractivity contribution < 1.29 is 18.7 Å². The zero-order valence-electron chi connectivity index (χ0n) is 12.0. The van der Waals surface area contributed by atoms with Gasteiger partial charge in [-0.05, 0) is 50.3 Å². The Labute approximate surface area is 123 Å². The van der Waals surface area contributed by atoms with Crippen LogP contribution in [-0.2, 0) is 11.2 Å². The maximum atomic E-state index is 13.6. The molecule has 21 heavy (non-hydrogen) atoms. The van der Waals surface area contributed by atoms with E-state index in [1.165, 1.54) is 18.2 Å². The highest BCUT2D eigenvalue weighted by atomic mass is 19.1. The first-order chi connectivity index (χ1) is 10.1. The quantitative estimate of drug-likeness (QED) is 0.877. The first-order valence-electron chi connectivity index (χ1n) is 7.43. The van der Waals surface area contributed by atoms with Crippen molar-refractivity contribution in [3.8, 4) is 0 Å². The molecule has 0 saturated carbocycles. The van der Waals surface area contributed by atoms with E-state index in [0.29, 0.717) is 18.9 Å². The molecule has 1 aliphatic rings. The summed E-state index contributed by atoms with van der Waals surface area (Å²) in [5.41, 5.74) is 0.167. The van der Waals surface area contributed by atoms with Gasteiger partial charge >= 0.3 is 5.97 Å². The van der Waals surface area contributed by atoms with E-state index < -0.39 is 17.6 Å². The molecule has 1 fully saturated rings. The third kappa shape index (κ3) is 4.77. The van der Waals surface area contributed by atoms with Crippen LogP contribution in [0.25, 0.3) is 0 Å². The molecule has 116 valence electrons. The van der Waals surface area contributed by atoms with E-state index in [1.807, 2.05) is 0 Å². The molecule has 1 aromatic rings. The fourth-order valence-electron chi connectivity index (χ4n) is 2.96. The Bertz CT molecular complexity index is 473. The van der Waals surface area contributed by atoms with Gasteiger partial charge in [0.25, 0.3) is 0 Å². The van der Waals surface area contributed by atoms with Crippen LogP contribution in [0, 0.1) is 17.6 Å². The third-order valence-electron chi connectivity index (χ3n) is 4.11. The molecule has 0 amide bonds. The molecular formula is C16H21F2NO2. The summed E-state index contributed by atoms with van der Waals surface area (Å²) < 4.78 is 27.2. The maximum Gasteiger partial charge on any atom is 0.304 e. The molecule has 0 unspecified atom stereocenters. The van der Waals surface area contributed by atoms with Crippen molar-refractivity contribution >= 4 is 5.97 Å². The van der Waals surface area contributed by atoms with Crippen molar-refractivity contribution in [1.82, 2.24) is 4.90 Å². The van der Waals surface area contributed by atoms with Gasteiger partial charge in [-0.2, -0.15) is 0 Å². The molecule has 5 heteroatoms. The van der Waals surface area contributed by atoms with Crippen molar-refractivity contribution in [2.45, 2.75) is 32.1 Å². The molecule has 1 heterocycles. The van der Waals surface area contributed by atoms with Crippen LogP contribution in [0.4, 0.5) is 8.78 Å². The highest BCUT2D eigenvalue weighted by Crippen LogP contribution is 2.23. The molecule has 1 aromatic carbocycles. The molecule has 0 radical (unpaired) electrons. The van der Waals surface area contributed by atoms with Gasteiger partial charge in [-0.1, -0.05) is 6.07 Å². The van der Waals surface area contributed by atoms with E-state index in [9.17, 15) is 13.6 Å². The zero-order valence-corrected chi connectivity index (χ0v) is 12.0. The lowest BCUT2D eigenvalue weighted by Crippen LogP contribution is -2.37. The summed E-state index contributed by atoms with van der Waals surface area (Å²) >= 11 is 0. The SMILES string of the molecule is O=C(O)CCN1CCC[C@H](CCc2c(F)cccc2F)C1. The number of likely N-dealkylation sites (tertiary alicyclic amines) is 1. The van der Waals surface area contributed by atoms with Gasteiger partial charge in [-0.15, -0.1) is 0 Å². The van der Waals surface area contributed by atoms with Crippen molar-refractivity contribution in [3.63, 3.8) is 0 Å². The van der Waals surface area contributed by atoms with Crippen molar-refractivity contribution in [3.05, 3.63) is 35.4 Å². The number of rotatable bonds is 6. The van der Waals surface area contributed by atoms with Crippen LogP contribution in [0.15, 0.2) is 18.2 Å². The van der Waals surface area contributed by atoms with Gasteiger partial charge in [0.1, 0.15) is 11.6 Å². The molecule has 1 N–H and O–H groups in total. The molecule has 1 saturated heterocycles. The van der Waals surface area contributed by atoms with Gasteiger partial charge in [0.05, 0.1) is 6.42 Å². The summed E-state index contributed by atoms with van der Waals surface area (Å²) in [5.74, 6) is -1.36. The Hall–Kier alpha value is -1.49. The maximum absolute atomic E-state index is 13.6. The van der Waals surface area contributed by atoms with Gasteiger partial charge < -0.3 is 10.0 Å². The van der Waals surface area contributed by atoms with E-state index in [0.717, 1.165) is 32.4 Å². The number of hydrogen-bond acceptors (Lipinski definition) is 2. The molecule has 3 nitrogen and oxygen atoms in total. The summed E-state index contributed by atoms with van der Waals surface area (Å²) in [6.07, 6.45) is 3.34. The minimum atomic E-state index is -0.787. The lowest BCUT2D eigenvalue weighted by Gasteiger charge is -2.32. The predicted octanol–water partition coefficient (Wildman–Crippen LogP) is 3.08. The smallest absolute Gasteiger partial charge is 0.304 e. The van der Waals surface area contributed by atoms with Crippen LogP contribution in [0.3, 0.4) is 0 Å². The van der Waals surface area contributed by atoms with E-state index in [-0.39, 0.29) is 12.0 Å². The van der Waals surface area contributed by atoms with Crippen LogP contribution in [-0.4, -0.2) is 35.6 Å². The fourth-order valence-corrected chi connectivity index (χ4v) is 2.96. The second kappa shape index (κ2) is 7.50. The average Bonchev–Trinajstić information content (AvgIpc) is 2.45. The van der Waals surface area contributed by atoms with Crippen LogP contribution in [0.2, 0.25) is 0 Å². The van der Waals surface area contributed by atoms with Crippen LogP contribution < -0.4 is 0 Å². The van der Waals surface area contributed by atoms with E-state index in [2.05, 4.69) is 4.90 Å². The Morgan fingerprint density at radius 3 is 2.71 bits per heavy atom. The number of carbonyl (C=O) groups is 1. The van der Waals surface area contributed by atoms with Gasteiger partial charge in [0, 0.05) is 18.7 Å². The van der Waals surface area contributed by atoms with Crippen LogP contribution >= 0.6 is 0 Å². The highest BCUT2D eigenvalue weighted by Gasteiger charge is 2.21.